The van der Waals surface area contributed by atoms with E-state index in [0.29, 0.717) is 0 Å². The lowest BCUT2D eigenvalue weighted by Gasteiger charge is -2.26. The number of thiophene rings is 1. The van der Waals surface area contributed by atoms with E-state index in [2.05, 4.69) is 9.46 Å². The van der Waals surface area contributed by atoms with Crippen molar-refractivity contribution in [1.29, 1.82) is 0 Å². The van der Waals surface area contributed by atoms with E-state index in [9.17, 15) is 17.7 Å². The molecule has 1 rings (SSSR count). The van der Waals surface area contributed by atoms with Crippen LogP contribution in [0, 0.1) is 0 Å². The van der Waals surface area contributed by atoms with E-state index >= 15 is 0 Å². The van der Waals surface area contributed by atoms with Crippen molar-refractivity contribution in [1.82, 2.24) is 4.72 Å². The molecule has 1 aromatic heterocycles. The molecule has 1 heterocycles. The zero-order chi connectivity index (χ0) is 15.6. The van der Waals surface area contributed by atoms with Crippen molar-refractivity contribution in [2.24, 2.45) is 0 Å². The molecule has 0 aliphatic carbocycles. The highest BCUT2D eigenvalue weighted by Gasteiger charge is 2.30. The number of halogens is 3. The van der Waals surface area contributed by atoms with Crippen molar-refractivity contribution in [2.75, 3.05) is 6.61 Å². The van der Waals surface area contributed by atoms with Crippen LogP contribution >= 0.6 is 11.3 Å². The van der Waals surface area contributed by atoms with Crippen LogP contribution in [-0.4, -0.2) is 22.1 Å². The van der Waals surface area contributed by atoms with Gasteiger partial charge in [0.05, 0.1) is 6.04 Å². The van der Waals surface area contributed by atoms with E-state index in [0.717, 1.165) is 16.2 Å². The maximum atomic E-state index is 12.0. The van der Waals surface area contributed by atoms with Crippen LogP contribution in [0.1, 0.15) is 38.6 Å². The summed E-state index contributed by atoms with van der Waals surface area (Å²) < 4.78 is 55.2. The lowest BCUT2D eigenvalue weighted by molar-refractivity contribution is -0.152. The van der Waals surface area contributed by atoms with Gasteiger partial charge in [0.25, 0.3) is 0 Å². The zero-order valence-electron chi connectivity index (χ0n) is 11.7. The predicted molar refractivity (Wildman–Crippen MR) is 75.3 cm³/mol. The van der Waals surface area contributed by atoms with E-state index in [-0.39, 0.29) is 11.1 Å². The summed E-state index contributed by atoms with van der Waals surface area (Å²) in [6, 6.07) is 2.95. The quantitative estimate of drug-likeness (QED) is 0.836. The first-order chi connectivity index (χ1) is 8.99. The molecule has 0 saturated heterocycles. The molecule has 0 fully saturated rings. The molecule has 0 aliphatic heterocycles. The van der Waals surface area contributed by atoms with Crippen LogP contribution < -0.4 is 9.46 Å². The minimum Gasteiger partial charge on any atom is -0.598 e. The Kier molecular flexibility index (Phi) is 5.77. The molecule has 1 N–H and O–H groups in total. The normalized spacial score (nSPS) is 16.0. The minimum absolute atomic E-state index is 0.201. The van der Waals surface area contributed by atoms with Crippen molar-refractivity contribution in [2.45, 2.75) is 44.7 Å². The molecule has 0 amide bonds. The molecule has 116 valence electrons. The van der Waals surface area contributed by atoms with Crippen molar-refractivity contribution < 1.29 is 22.5 Å². The van der Waals surface area contributed by atoms with E-state index in [1.807, 2.05) is 27.7 Å². The highest BCUT2D eigenvalue weighted by atomic mass is 32.2. The number of hydrogen-bond donors (Lipinski definition) is 1. The van der Waals surface area contributed by atoms with Gasteiger partial charge in [-0.25, -0.2) is 0 Å². The van der Waals surface area contributed by atoms with Gasteiger partial charge in [0.15, 0.2) is 11.7 Å². The Hall–Kier alpha value is -0.440. The van der Waals surface area contributed by atoms with Gasteiger partial charge in [-0.1, -0.05) is 0 Å². The van der Waals surface area contributed by atoms with E-state index in [1.165, 1.54) is 6.07 Å². The predicted octanol–water partition coefficient (Wildman–Crippen LogP) is 3.80. The maximum Gasteiger partial charge on any atom is 0.422 e. The second-order valence-electron chi connectivity index (χ2n) is 5.28. The second kappa shape index (κ2) is 6.55. The molecule has 0 aliphatic rings. The Balaban J connectivity index is 2.58. The highest BCUT2D eigenvalue weighted by Crippen LogP contribution is 2.31. The monoisotopic (exact) mass is 329 g/mol. The number of alkyl halides is 3. The fourth-order valence-electron chi connectivity index (χ4n) is 1.19. The summed E-state index contributed by atoms with van der Waals surface area (Å²) in [5, 5.41) is 0.201. The van der Waals surface area contributed by atoms with Crippen molar-refractivity contribution in [3.8, 4) is 5.06 Å². The van der Waals surface area contributed by atoms with Gasteiger partial charge in [0.2, 0.25) is 0 Å². The SMILES string of the molecule is C[C@@H](N[S+]([O-])C(C)(C)C)c1ccc(OCC(F)(F)F)s1. The summed E-state index contributed by atoms with van der Waals surface area (Å²) in [4.78, 5) is 0.778. The summed E-state index contributed by atoms with van der Waals surface area (Å²) >= 11 is -0.125. The average Bonchev–Trinajstić information content (AvgIpc) is 2.72. The van der Waals surface area contributed by atoms with Crippen LogP contribution in [0.15, 0.2) is 12.1 Å². The van der Waals surface area contributed by atoms with Crippen molar-refractivity contribution in [3.63, 3.8) is 0 Å². The fourth-order valence-corrected chi connectivity index (χ4v) is 2.93. The van der Waals surface area contributed by atoms with E-state index in [4.69, 9.17) is 0 Å². The molecule has 1 aromatic rings. The summed E-state index contributed by atoms with van der Waals surface area (Å²) in [6.45, 7) is 6.03. The van der Waals surface area contributed by atoms with Gasteiger partial charge in [-0.2, -0.15) is 13.2 Å². The van der Waals surface area contributed by atoms with E-state index < -0.39 is 28.9 Å². The van der Waals surface area contributed by atoms with Crippen molar-refractivity contribution in [3.05, 3.63) is 17.0 Å². The molecule has 8 heteroatoms. The number of ether oxygens (including phenoxy) is 1. The second-order valence-corrected chi connectivity index (χ2v) is 8.36. The van der Waals surface area contributed by atoms with Crippen molar-refractivity contribution >= 4 is 22.7 Å². The van der Waals surface area contributed by atoms with Gasteiger partial charge in [-0.15, -0.1) is 16.1 Å². The molecule has 0 saturated carbocycles. The fraction of sp³-hybridized carbons (Fsp3) is 0.667. The molecular weight excluding hydrogens is 311 g/mol. The van der Waals surface area contributed by atoms with Crippen LogP contribution in [0.3, 0.4) is 0 Å². The number of rotatable bonds is 5. The zero-order valence-corrected chi connectivity index (χ0v) is 13.3. The Morgan fingerprint density at radius 1 is 1.35 bits per heavy atom. The van der Waals surface area contributed by atoms with Crippen LogP contribution in [0.25, 0.3) is 0 Å². The molecule has 3 nitrogen and oxygen atoms in total. The smallest absolute Gasteiger partial charge is 0.422 e. The Morgan fingerprint density at radius 2 is 1.95 bits per heavy atom. The van der Waals surface area contributed by atoms with Gasteiger partial charge in [-0.3, -0.25) is 0 Å². The maximum absolute atomic E-state index is 12.0. The molecule has 0 spiro atoms. The molecule has 2 atom stereocenters. The average molecular weight is 329 g/mol. The summed E-state index contributed by atoms with van der Waals surface area (Å²) in [7, 11) is 0. The molecule has 0 radical (unpaired) electrons. The lowest BCUT2D eigenvalue weighted by Crippen LogP contribution is -2.40. The molecule has 1 unspecified atom stereocenters. The van der Waals surface area contributed by atoms with Gasteiger partial charge in [0, 0.05) is 16.2 Å². The molecular formula is C12H18F3NO2S2. The first-order valence-electron chi connectivity index (χ1n) is 5.96. The summed E-state index contributed by atoms with van der Waals surface area (Å²) in [6.07, 6.45) is -4.35. The summed E-state index contributed by atoms with van der Waals surface area (Å²) in [5.74, 6) is 0. The van der Waals surface area contributed by atoms with Crippen LogP contribution in [-0.2, 0) is 11.4 Å². The highest BCUT2D eigenvalue weighted by molar-refractivity contribution is 7.90. The first-order valence-corrected chi connectivity index (χ1v) is 7.93. The lowest BCUT2D eigenvalue weighted by atomic mass is 10.3. The van der Waals surface area contributed by atoms with Gasteiger partial charge >= 0.3 is 6.18 Å². The van der Waals surface area contributed by atoms with Crippen LogP contribution in [0.2, 0.25) is 0 Å². The Labute approximate surface area is 123 Å². The number of hydrogen-bond acceptors (Lipinski definition) is 4. The third-order valence-electron chi connectivity index (χ3n) is 2.25. The molecule has 20 heavy (non-hydrogen) atoms. The third kappa shape index (κ3) is 5.90. The van der Waals surface area contributed by atoms with Gasteiger partial charge < -0.3 is 9.29 Å². The van der Waals surface area contributed by atoms with Crippen LogP contribution in [0.4, 0.5) is 13.2 Å². The minimum atomic E-state index is -4.35. The molecule has 0 aromatic carbocycles. The van der Waals surface area contributed by atoms with Gasteiger partial charge in [-0.05, 0) is 39.8 Å². The topological polar surface area (TPSA) is 44.3 Å². The van der Waals surface area contributed by atoms with E-state index in [1.54, 1.807) is 6.07 Å². The molecule has 0 bridgehead atoms. The largest absolute Gasteiger partial charge is 0.598 e. The summed E-state index contributed by atoms with van der Waals surface area (Å²) in [5.41, 5.74) is 0. The van der Waals surface area contributed by atoms with Crippen LogP contribution in [0.5, 0.6) is 5.06 Å². The first kappa shape index (κ1) is 17.6. The Bertz CT molecular complexity index is 429. The number of nitrogens with one attached hydrogen (secondary N) is 1. The standard InChI is InChI=1S/C12H18F3NO2S2/c1-8(16-20(17)11(2,3)4)9-5-6-10(19-9)18-7-12(13,14)15/h5-6,8,16H,7H2,1-4H3/t8-,20?/m1/s1. The third-order valence-corrected chi connectivity index (χ3v) is 5.11. The Morgan fingerprint density at radius 3 is 2.45 bits per heavy atom. The van der Waals surface area contributed by atoms with Gasteiger partial charge in [0.1, 0.15) is 4.75 Å².